The molecule has 0 aliphatic heterocycles. The number of nitrogens with zero attached hydrogens (tertiary/aromatic N) is 1. The maximum absolute atomic E-state index is 2.33. The van der Waals surface area contributed by atoms with Gasteiger partial charge >= 0.3 is 0 Å². The van der Waals surface area contributed by atoms with Crippen LogP contribution < -0.4 is 24.8 Å². The largest absolute Gasteiger partial charge is 1.00 e. The molecule has 0 N–H and O–H groups in total. The third-order valence-electron chi connectivity index (χ3n) is 3.94. The Hall–Kier alpha value is 1.28. The predicted molar refractivity (Wildman–Crippen MR) is 79.4 cm³/mol. The van der Waals surface area contributed by atoms with Crippen molar-refractivity contribution in [3.8, 4) is 0 Å². The van der Waals surface area contributed by atoms with E-state index in [1.807, 2.05) is 0 Å². The molecule has 0 spiro atoms. The molecular formula is C16H36AuCl2N-. The van der Waals surface area contributed by atoms with E-state index in [-0.39, 0.29) is 47.2 Å². The Balaban J connectivity index is -0.000000427. The molecule has 0 aromatic heterocycles. The Kier molecular flexibility index (Phi) is 29.7. The maximum Gasteiger partial charge on any atom is 0.0786 e. The van der Waals surface area contributed by atoms with Crippen LogP contribution in [0.1, 0.15) is 79.1 Å². The molecule has 0 fully saturated rings. The monoisotopic (exact) mass is 509 g/mol. The first-order chi connectivity index (χ1) is 8.24. The molecule has 0 aliphatic rings. The van der Waals surface area contributed by atoms with Crippen LogP contribution in [0.5, 0.6) is 0 Å². The maximum atomic E-state index is 2.33. The summed E-state index contributed by atoms with van der Waals surface area (Å²) < 4.78 is 1.42. The van der Waals surface area contributed by atoms with Crippen molar-refractivity contribution in [2.24, 2.45) is 0 Å². The average Bonchev–Trinajstić information content (AvgIpc) is 2.37. The molecule has 0 aliphatic carbocycles. The molecule has 0 unspecified atom stereocenters. The van der Waals surface area contributed by atoms with Crippen LogP contribution in [0.15, 0.2) is 0 Å². The molecule has 0 saturated carbocycles. The van der Waals surface area contributed by atoms with E-state index in [0.717, 1.165) is 0 Å². The van der Waals surface area contributed by atoms with Gasteiger partial charge in [-0.25, -0.2) is 0 Å². The summed E-state index contributed by atoms with van der Waals surface area (Å²) in [6.07, 6.45) is 11.1. The standard InChI is InChI=1S/C16H36N.Au.2ClH/c1-5-9-13-17(14-10-6-2,15-11-7-3)16-12-8-4;;;/h5-16H2,1-4H3;;2*1H/q+1;;;/p-2. The van der Waals surface area contributed by atoms with Crippen molar-refractivity contribution in [1.82, 2.24) is 0 Å². The molecule has 1 radical (unpaired) electrons. The minimum atomic E-state index is 0. The Bertz CT molecular complexity index is 131. The normalized spacial score (nSPS) is 10.2. The first kappa shape index (κ1) is 29.3. The summed E-state index contributed by atoms with van der Waals surface area (Å²) in [6.45, 7) is 15.0. The molecule has 0 rings (SSSR count). The van der Waals surface area contributed by atoms with E-state index in [4.69, 9.17) is 0 Å². The zero-order chi connectivity index (χ0) is 13.0. The SMILES string of the molecule is CCCC[N+](CCCC)(CCCC)CCCC.[Au].[Cl-].[Cl-]. The van der Waals surface area contributed by atoms with Gasteiger partial charge in [0.15, 0.2) is 0 Å². The van der Waals surface area contributed by atoms with Crippen LogP contribution in [0.4, 0.5) is 0 Å². The van der Waals surface area contributed by atoms with Crippen LogP contribution in [0.3, 0.4) is 0 Å². The molecule has 0 bridgehead atoms. The molecule has 0 heterocycles. The number of unbranched alkanes of at least 4 members (excludes halogenated alkanes) is 4. The number of hydrogen-bond donors (Lipinski definition) is 0. The Morgan fingerprint density at radius 1 is 0.500 bits per heavy atom. The van der Waals surface area contributed by atoms with E-state index >= 15 is 0 Å². The van der Waals surface area contributed by atoms with Gasteiger partial charge in [-0.3, -0.25) is 0 Å². The third kappa shape index (κ3) is 14.2. The summed E-state index contributed by atoms with van der Waals surface area (Å²) in [4.78, 5) is 0. The molecule has 131 valence electrons. The van der Waals surface area contributed by atoms with Gasteiger partial charge in [-0.2, -0.15) is 0 Å². The van der Waals surface area contributed by atoms with Gasteiger partial charge < -0.3 is 29.3 Å². The smallest absolute Gasteiger partial charge is 0.0786 e. The van der Waals surface area contributed by atoms with Crippen molar-refractivity contribution >= 4 is 0 Å². The predicted octanol–water partition coefficient (Wildman–Crippen LogP) is -0.991. The van der Waals surface area contributed by atoms with Crippen molar-refractivity contribution in [1.29, 1.82) is 0 Å². The second-order valence-corrected chi connectivity index (χ2v) is 5.65. The number of rotatable bonds is 12. The zero-order valence-corrected chi connectivity index (χ0v) is 17.7. The summed E-state index contributed by atoms with van der Waals surface area (Å²) in [5.74, 6) is 0. The van der Waals surface area contributed by atoms with Gasteiger partial charge in [0, 0.05) is 22.4 Å². The summed E-state index contributed by atoms with van der Waals surface area (Å²) in [7, 11) is 0. The van der Waals surface area contributed by atoms with Crippen molar-refractivity contribution in [3.63, 3.8) is 0 Å². The van der Waals surface area contributed by atoms with Crippen molar-refractivity contribution < 1.29 is 51.7 Å². The molecule has 0 atom stereocenters. The van der Waals surface area contributed by atoms with Crippen LogP contribution in [0.25, 0.3) is 0 Å². The summed E-state index contributed by atoms with van der Waals surface area (Å²) in [5.41, 5.74) is 0. The fourth-order valence-corrected chi connectivity index (χ4v) is 2.64. The average molecular weight is 510 g/mol. The van der Waals surface area contributed by atoms with E-state index in [9.17, 15) is 0 Å². The van der Waals surface area contributed by atoms with E-state index in [1.165, 1.54) is 82.0 Å². The molecule has 0 saturated heterocycles. The van der Waals surface area contributed by atoms with Gasteiger partial charge in [-0.05, 0) is 25.7 Å². The Labute approximate surface area is 156 Å². The molecule has 1 nitrogen and oxygen atoms in total. The van der Waals surface area contributed by atoms with Crippen LogP contribution in [-0.2, 0) is 22.4 Å². The van der Waals surface area contributed by atoms with Crippen LogP contribution in [0, 0.1) is 0 Å². The quantitative estimate of drug-likeness (QED) is 0.234. The van der Waals surface area contributed by atoms with Gasteiger partial charge in [0.2, 0.25) is 0 Å². The van der Waals surface area contributed by atoms with Crippen LogP contribution in [-0.4, -0.2) is 30.7 Å². The molecule has 0 aromatic rings. The van der Waals surface area contributed by atoms with E-state index in [0.29, 0.717) is 0 Å². The second kappa shape index (κ2) is 20.3. The van der Waals surface area contributed by atoms with Crippen LogP contribution in [0.2, 0.25) is 0 Å². The Morgan fingerprint density at radius 2 is 0.700 bits per heavy atom. The minimum Gasteiger partial charge on any atom is -1.00 e. The summed E-state index contributed by atoms with van der Waals surface area (Å²) in [5, 5.41) is 0. The van der Waals surface area contributed by atoms with Gasteiger partial charge in [-0.15, -0.1) is 0 Å². The second-order valence-electron chi connectivity index (χ2n) is 5.65. The first-order valence-corrected chi connectivity index (χ1v) is 8.09. The van der Waals surface area contributed by atoms with Crippen LogP contribution >= 0.6 is 0 Å². The first-order valence-electron chi connectivity index (χ1n) is 8.09. The Morgan fingerprint density at radius 3 is 0.850 bits per heavy atom. The van der Waals surface area contributed by atoms with Gasteiger partial charge in [-0.1, -0.05) is 53.4 Å². The van der Waals surface area contributed by atoms with Gasteiger partial charge in [0.1, 0.15) is 0 Å². The molecule has 20 heavy (non-hydrogen) atoms. The number of hydrogen-bond acceptors (Lipinski definition) is 0. The minimum absolute atomic E-state index is 0. The summed E-state index contributed by atoms with van der Waals surface area (Å²) in [6, 6.07) is 0. The molecule has 0 amide bonds. The van der Waals surface area contributed by atoms with Crippen molar-refractivity contribution in [2.45, 2.75) is 79.1 Å². The molecular weight excluding hydrogens is 474 g/mol. The molecule has 0 aromatic carbocycles. The number of halogens is 2. The van der Waals surface area contributed by atoms with Crippen molar-refractivity contribution in [3.05, 3.63) is 0 Å². The van der Waals surface area contributed by atoms with E-state index in [1.54, 1.807) is 0 Å². The number of quaternary nitrogens is 1. The van der Waals surface area contributed by atoms with Gasteiger partial charge in [0.05, 0.1) is 26.2 Å². The molecule has 4 heteroatoms. The van der Waals surface area contributed by atoms with Crippen molar-refractivity contribution in [2.75, 3.05) is 26.2 Å². The van der Waals surface area contributed by atoms with Gasteiger partial charge in [0.25, 0.3) is 0 Å². The topological polar surface area (TPSA) is 0 Å². The fraction of sp³-hybridized carbons (Fsp3) is 1.00. The summed E-state index contributed by atoms with van der Waals surface area (Å²) >= 11 is 0. The third-order valence-corrected chi connectivity index (χ3v) is 3.94. The zero-order valence-electron chi connectivity index (χ0n) is 14.0. The fourth-order valence-electron chi connectivity index (χ4n) is 2.64. The van der Waals surface area contributed by atoms with E-state index < -0.39 is 0 Å². The van der Waals surface area contributed by atoms with E-state index in [2.05, 4.69) is 27.7 Å².